The molecule has 1 amide bonds. The molecule has 0 spiro atoms. The lowest BCUT2D eigenvalue weighted by Crippen LogP contribution is -2.40. The lowest BCUT2D eigenvalue weighted by molar-refractivity contribution is -0.131. The first kappa shape index (κ1) is 20.5. The summed E-state index contributed by atoms with van der Waals surface area (Å²) in [4.78, 5) is 33.0. The number of methoxy groups -OCH3 is 1. The van der Waals surface area contributed by atoms with E-state index >= 15 is 0 Å². The average molecular weight is 424 g/mol. The second kappa shape index (κ2) is 8.92. The maximum Gasteiger partial charge on any atom is 0.266 e. The van der Waals surface area contributed by atoms with Crippen LogP contribution < -0.4 is 10.3 Å². The van der Waals surface area contributed by atoms with Crippen molar-refractivity contribution in [3.63, 3.8) is 0 Å². The third-order valence-corrected chi connectivity index (χ3v) is 6.39. The number of ether oxygens (including phenoxy) is 1. The standard InChI is InChI=1S/C23H25N3O3S/c1-16(21(27)25-13-6-3-7-14-25)30-23-24-20-12-5-4-11-19(20)22(28)26(23)17-9-8-10-18(15-17)29-2/h4-5,8-12,15-16H,3,6-7,13-14H2,1-2H3/t16-/m0/s1. The van der Waals surface area contributed by atoms with Crippen molar-refractivity contribution in [2.45, 2.75) is 36.6 Å². The summed E-state index contributed by atoms with van der Waals surface area (Å²) in [6.45, 7) is 3.49. The summed E-state index contributed by atoms with van der Waals surface area (Å²) >= 11 is 1.33. The summed E-state index contributed by atoms with van der Waals surface area (Å²) in [5, 5.41) is 0.706. The van der Waals surface area contributed by atoms with Gasteiger partial charge in [0.15, 0.2) is 5.16 Å². The Bertz CT molecular complexity index is 1120. The Morgan fingerprint density at radius 1 is 1.10 bits per heavy atom. The first-order valence-electron chi connectivity index (χ1n) is 10.2. The molecule has 1 saturated heterocycles. The van der Waals surface area contributed by atoms with E-state index in [-0.39, 0.29) is 16.7 Å². The van der Waals surface area contributed by atoms with Gasteiger partial charge in [0.25, 0.3) is 5.56 Å². The van der Waals surface area contributed by atoms with Crippen LogP contribution in [0.1, 0.15) is 26.2 Å². The smallest absolute Gasteiger partial charge is 0.266 e. The number of hydrogen-bond donors (Lipinski definition) is 0. The number of nitrogens with zero attached hydrogens (tertiary/aromatic N) is 3. The lowest BCUT2D eigenvalue weighted by Gasteiger charge is -2.29. The Hall–Kier alpha value is -2.80. The van der Waals surface area contributed by atoms with Gasteiger partial charge in [0.2, 0.25) is 5.91 Å². The van der Waals surface area contributed by atoms with Gasteiger partial charge in [-0.15, -0.1) is 0 Å². The molecule has 1 aliphatic heterocycles. The number of benzene rings is 2. The molecule has 1 aromatic heterocycles. The molecule has 2 heterocycles. The number of carbonyl (C=O) groups excluding carboxylic acids is 1. The zero-order valence-electron chi connectivity index (χ0n) is 17.2. The third kappa shape index (κ3) is 4.07. The highest BCUT2D eigenvalue weighted by Crippen LogP contribution is 2.28. The van der Waals surface area contributed by atoms with Crippen molar-refractivity contribution in [3.05, 3.63) is 58.9 Å². The van der Waals surface area contributed by atoms with Gasteiger partial charge in [-0.25, -0.2) is 4.98 Å². The minimum absolute atomic E-state index is 0.0966. The predicted octanol–water partition coefficient (Wildman–Crippen LogP) is 3.89. The zero-order chi connectivity index (χ0) is 21.1. The molecule has 156 valence electrons. The van der Waals surface area contributed by atoms with Crippen LogP contribution in [0.4, 0.5) is 0 Å². The van der Waals surface area contributed by atoms with Gasteiger partial charge in [-0.3, -0.25) is 14.2 Å². The predicted molar refractivity (Wildman–Crippen MR) is 120 cm³/mol. The highest BCUT2D eigenvalue weighted by molar-refractivity contribution is 8.00. The number of hydrogen-bond acceptors (Lipinski definition) is 5. The molecule has 0 radical (unpaired) electrons. The van der Waals surface area contributed by atoms with E-state index in [9.17, 15) is 9.59 Å². The van der Waals surface area contributed by atoms with Crippen LogP contribution in [0.2, 0.25) is 0 Å². The molecule has 4 rings (SSSR count). The van der Waals surface area contributed by atoms with Crippen LogP contribution in [0.15, 0.2) is 58.5 Å². The molecular weight excluding hydrogens is 398 g/mol. The van der Waals surface area contributed by atoms with Gasteiger partial charge in [-0.1, -0.05) is 30.0 Å². The number of aromatic nitrogens is 2. The summed E-state index contributed by atoms with van der Waals surface area (Å²) in [6.07, 6.45) is 3.27. The number of thioether (sulfide) groups is 1. The molecule has 0 aliphatic carbocycles. The summed E-state index contributed by atoms with van der Waals surface area (Å²) in [6, 6.07) is 14.6. The van der Waals surface area contributed by atoms with Crippen LogP contribution in [-0.2, 0) is 4.79 Å². The molecule has 6 nitrogen and oxygen atoms in total. The number of carbonyl (C=O) groups is 1. The monoisotopic (exact) mass is 423 g/mol. The van der Waals surface area contributed by atoms with Gasteiger partial charge in [0, 0.05) is 19.2 Å². The highest BCUT2D eigenvalue weighted by Gasteiger charge is 2.25. The summed E-state index contributed by atoms with van der Waals surface area (Å²) in [5.74, 6) is 0.750. The van der Waals surface area contributed by atoms with Gasteiger partial charge < -0.3 is 9.64 Å². The van der Waals surface area contributed by atoms with Crippen molar-refractivity contribution >= 4 is 28.6 Å². The molecule has 30 heavy (non-hydrogen) atoms. The Balaban J connectivity index is 1.77. The Labute approximate surface area is 179 Å². The number of likely N-dealkylation sites (tertiary alicyclic amines) is 1. The first-order chi connectivity index (χ1) is 14.6. The topological polar surface area (TPSA) is 64.4 Å². The van der Waals surface area contributed by atoms with Gasteiger partial charge in [0.05, 0.1) is 29.0 Å². The van der Waals surface area contributed by atoms with Crippen LogP contribution in [0.25, 0.3) is 16.6 Å². The molecule has 3 aromatic rings. The largest absolute Gasteiger partial charge is 0.497 e. The van der Waals surface area contributed by atoms with Crippen molar-refractivity contribution in [2.75, 3.05) is 20.2 Å². The zero-order valence-corrected chi connectivity index (χ0v) is 18.0. The Morgan fingerprint density at radius 2 is 1.87 bits per heavy atom. The molecule has 1 aliphatic rings. The fourth-order valence-electron chi connectivity index (χ4n) is 3.75. The highest BCUT2D eigenvalue weighted by atomic mass is 32.2. The average Bonchev–Trinajstić information content (AvgIpc) is 2.79. The van der Waals surface area contributed by atoms with E-state index in [4.69, 9.17) is 9.72 Å². The number of para-hydroxylation sites is 1. The number of piperidine rings is 1. The van der Waals surface area contributed by atoms with Crippen molar-refractivity contribution in [1.29, 1.82) is 0 Å². The van der Waals surface area contributed by atoms with E-state index in [0.717, 1.165) is 25.9 Å². The molecule has 1 atom stereocenters. The molecule has 0 bridgehead atoms. The van der Waals surface area contributed by atoms with Gasteiger partial charge in [-0.2, -0.15) is 0 Å². The van der Waals surface area contributed by atoms with Crippen molar-refractivity contribution < 1.29 is 9.53 Å². The third-order valence-electron chi connectivity index (χ3n) is 5.35. The van der Waals surface area contributed by atoms with E-state index in [2.05, 4.69) is 0 Å². The molecule has 2 aromatic carbocycles. The number of rotatable bonds is 5. The second-order valence-corrected chi connectivity index (χ2v) is 8.71. The van der Waals surface area contributed by atoms with Crippen LogP contribution in [0.3, 0.4) is 0 Å². The molecule has 0 unspecified atom stereocenters. The van der Waals surface area contributed by atoms with E-state index in [1.165, 1.54) is 18.2 Å². The van der Waals surface area contributed by atoms with E-state index in [0.29, 0.717) is 27.5 Å². The van der Waals surface area contributed by atoms with Crippen LogP contribution in [0.5, 0.6) is 5.75 Å². The van der Waals surface area contributed by atoms with E-state index in [1.54, 1.807) is 23.8 Å². The van der Waals surface area contributed by atoms with Crippen molar-refractivity contribution in [3.8, 4) is 11.4 Å². The molecule has 7 heteroatoms. The van der Waals surface area contributed by atoms with Gasteiger partial charge >= 0.3 is 0 Å². The van der Waals surface area contributed by atoms with Gasteiger partial charge in [-0.05, 0) is 50.5 Å². The molecule has 0 N–H and O–H groups in total. The van der Waals surface area contributed by atoms with Crippen LogP contribution >= 0.6 is 11.8 Å². The fourth-order valence-corrected chi connectivity index (χ4v) is 4.76. The van der Waals surface area contributed by atoms with Crippen LogP contribution in [0, 0.1) is 0 Å². The van der Waals surface area contributed by atoms with Crippen molar-refractivity contribution in [2.24, 2.45) is 0 Å². The van der Waals surface area contributed by atoms with Gasteiger partial charge in [0.1, 0.15) is 5.75 Å². The molecule has 1 fully saturated rings. The number of fused-ring (bicyclic) bond motifs is 1. The maximum absolute atomic E-state index is 13.4. The fraction of sp³-hybridized carbons (Fsp3) is 0.348. The van der Waals surface area contributed by atoms with E-state index < -0.39 is 0 Å². The lowest BCUT2D eigenvalue weighted by atomic mass is 10.1. The SMILES string of the molecule is COc1cccc(-n2c(S[C@@H](C)C(=O)N3CCCCC3)nc3ccccc3c2=O)c1. The maximum atomic E-state index is 13.4. The number of amides is 1. The molecule has 0 saturated carbocycles. The van der Waals surface area contributed by atoms with E-state index in [1.807, 2.05) is 48.2 Å². The second-order valence-electron chi connectivity index (χ2n) is 7.40. The minimum atomic E-state index is -0.340. The summed E-state index contributed by atoms with van der Waals surface area (Å²) in [5.41, 5.74) is 1.13. The Kier molecular flexibility index (Phi) is 6.08. The summed E-state index contributed by atoms with van der Waals surface area (Å²) in [7, 11) is 1.59. The first-order valence-corrected chi connectivity index (χ1v) is 11.1. The summed E-state index contributed by atoms with van der Waals surface area (Å²) < 4.78 is 6.92. The normalized spacial score (nSPS) is 15.2. The molecular formula is C23H25N3O3S. The Morgan fingerprint density at radius 3 is 2.63 bits per heavy atom. The van der Waals surface area contributed by atoms with Crippen molar-refractivity contribution in [1.82, 2.24) is 14.5 Å². The minimum Gasteiger partial charge on any atom is -0.497 e. The van der Waals surface area contributed by atoms with Crippen LogP contribution in [-0.4, -0.2) is 45.8 Å². The quantitative estimate of drug-likeness (QED) is 0.460.